The molecule has 2 nitrogen and oxygen atoms in total. The van der Waals surface area contributed by atoms with Gasteiger partial charge in [-0.3, -0.25) is 0 Å². The number of allylic oxidation sites excluding steroid dienone is 1. The van der Waals surface area contributed by atoms with Gasteiger partial charge in [-0.05, 0) is 25.7 Å². The largest absolute Gasteiger partial charge is 0.478 e. The first-order chi connectivity index (χ1) is 6.57. The number of carboxylic acid groups (broad SMARTS) is 1. The third-order valence-corrected chi connectivity index (χ3v) is 2.35. The molecule has 1 fully saturated rings. The Labute approximate surface area is 86.3 Å². The first-order valence-electron chi connectivity index (χ1n) is 5.09. The van der Waals surface area contributed by atoms with E-state index < -0.39 is 5.97 Å². The molecule has 1 aliphatic carbocycles. The minimum absolute atomic E-state index is 0.176. The second-order valence-corrected chi connectivity index (χ2v) is 3.72. The second kappa shape index (κ2) is 7.36. The minimum atomic E-state index is -0.935. The standard InChI is InChI=1S/C8H14.C4H6O2/c1-2-8-6-4-3-5-7-8;1-3(2)4(5)6/h2,8H,1,3-7H2;1H2,2H3,(H,5,6). The molecule has 2 heteroatoms. The zero-order chi connectivity index (χ0) is 11.0. The summed E-state index contributed by atoms with van der Waals surface area (Å²) in [4.78, 5) is 9.60. The summed E-state index contributed by atoms with van der Waals surface area (Å²) >= 11 is 0. The Bertz CT molecular complexity index is 188. The zero-order valence-corrected chi connectivity index (χ0v) is 8.96. The summed E-state index contributed by atoms with van der Waals surface area (Å²) in [7, 11) is 0. The molecule has 0 aromatic heterocycles. The summed E-state index contributed by atoms with van der Waals surface area (Å²) in [5.74, 6) is -0.0845. The van der Waals surface area contributed by atoms with Gasteiger partial charge in [0.25, 0.3) is 0 Å². The van der Waals surface area contributed by atoms with E-state index in [1.165, 1.54) is 39.0 Å². The number of hydrogen-bond donors (Lipinski definition) is 1. The van der Waals surface area contributed by atoms with Crippen molar-refractivity contribution in [2.45, 2.75) is 39.0 Å². The van der Waals surface area contributed by atoms with E-state index in [0.717, 1.165) is 5.92 Å². The maximum Gasteiger partial charge on any atom is 0.330 e. The van der Waals surface area contributed by atoms with E-state index in [-0.39, 0.29) is 5.57 Å². The Balaban J connectivity index is 0.000000255. The highest BCUT2D eigenvalue weighted by molar-refractivity contribution is 5.84. The van der Waals surface area contributed by atoms with Gasteiger partial charge in [-0.2, -0.15) is 0 Å². The Morgan fingerprint density at radius 3 is 2.00 bits per heavy atom. The van der Waals surface area contributed by atoms with E-state index in [4.69, 9.17) is 5.11 Å². The highest BCUT2D eigenvalue weighted by Crippen LogP contribution is 2.23. The van der Waals surface area contributed by atoms with Crippen molar-refractivity contribution in [2.24, 2.45) is 5.92 Å². The molecule has 0 aromatic carbocycles. The van der Waals surface area contributed by atoms with Gasteiger partial charge in [0, 0.05) is 5.57 Å². The van der Waals surface area contributed by atoms with Crippen LogP contribution < -0.4 is 0 Å². The van der Waals surface area contributed by atoms with Crippen LogP contribution in [0.2, 0.25) is 0 Å². The summed E-state index contributed by atoms with van der Waals surface area (Å²) in [5.41, 5.74) is 0.176. The van der Waals surface area contributed by atoms with Crippen molar-refractivity contribution in [3.8, 4) is 0 Å². The lowest BCUT2D eigenvalue weighted by Gasteiger charge is -2.16. The summed E-state index contributed by atoms with van der Waals surface area (Å²) in [6.45, 7) is 8.39. The Morgan fingerprint density at radius 2 is 1.79 bits per heavy atom. The second-order valence-electron chi connectivity index (χ2n) is 3.72. The first kappa shape index (κ1) is 12.9. The number of rotatable bonds is 2. The maximum atomic E-state index is 9.60. The van der Waals surface area contributed by atoms with E-state index >= 15 is 0 Å². The predicted molar refractivity (Wildman–Crippen MR) is 59.2 cm³/mol. The van der Waals surface area contributed by atoms with Gasteiger partial charge in [0.15, 0.2) is 0 Å². The van der Waals surface area contributed by atoms with Crippen molar-refractivity contribution in [1.82, 2.24) is 0 Å². The third kappa shape index (κ3) is 6.46. The predicted octanol–water partition coefficient (Wildman–Crippen LogP) is 3.40. The molecule has 0 aliphatic heterocycles. The fourth-order valence-electron chi connectivity index (χ4n) is 1.37. The molecule has 1 N–H and O–H groups in total. The minimum Gasteiger partial charge on any atom is -0.478 e. The molecule has 1 saturated carbocycles. The quantitative estimate of drug-likeness (QED) is 0.543. The van der Waals surface area contributed by atoms with E-state index in [1.54, 1.807) is 0 Å². The van der Waals surface area contributed by atoms with Gasteiger partial charge in [0.05, 0.1) is 0 Å². The van der Waals surface area contributed by atoms with Crippen molar-refractivity contribution < 1.29 is 9.90 Å². The molecule has 0 amide bonds. The number of aliphatic carboxylic acids is 1. The Kier molecular flexibility index (Phi) is 6.81. The van der Waals surface area contributed by atoms with Crippen LogP contribution in [-0.2, 0) is 4.79 Å². The van der Waals surface area contributed by atoms with Crippen LogP contribution in [0.25, 0.3) is 0 Å². The SMILES string of the molecule is C=C(C)C(=O)O.C=CC1CCCCC1. The van der Waals surface area contributed by atoms with Crippen LogP contribution in [0.15, 0.2) is 24.8 Å². The molecule has 14 heavy (non-hydrogen) atoms. The Hall–Kier alpha value is -1.05. The van der Waals surface area contributed by atoms with E-state index in [9.17, 15) is 4.79 Å². The molecule has 0 saturated heterocycles. The highest BCUT2D eigenvalue weighted by atomic mass is 16.4. The zero-order valence-electron chi connectivity index (χ0n) is 8.96. The third-order valence-electron chi connectivity index (χ3n) is 2.35. The molecule has 1 rings (SSSR count). The average molecular weight is 196 g/mol. The van der Waals surface area contributed by atoms with Gasteiger partial charge in [0.1, 0.15) is 0 Å². The smallest absolute Gasteiger partial charge is 0.330 e. The molecule has 1 aliphatic rings. The molecule has 0 atom stereocenters. The topological polar surface area (TPSA) is 37.3 Å². The van der Waals surface area contributed by atoms with Crippen molar-refractivity contribution in [1.29, 1.82) is 0 Å². The van der Waals surface area contributed by atoms with Crippen LogP contribution in [0.3, 0.4) is 0 Å². The van der Waals surface area contributed by atoms with Crippen molar-refractivity contribution in [3.63, 3.8) is 0 Å². The molecule has 0 unspecified atom stereocenters. The molecule has 0 radical (unpaired) electrons. The molecule has 0 aromatic rings. The first-order valence-corrected chi connectivity index (χ1v) is 5.09. The summed E-state index contributed by atoms with van der Waals surface area (Å²) in [6.07, 6.45) is 9.20. The summed E-state index contributed by atoms with van der Waals surface area (Å²) < 4.78 is 0. The van der Waals surface area contributed by atoms with E-state index in [1.807, 2.05) is 0 Å². The normalized spacial score (nSPS) is 16.4. The van der Waals surface area contributed by atoms with E-state index in [0.29, 0.717) is 0 Å². The molecule has 0 spiro atoms. The van der Waals surface area contributed by atoms with E-state index in [2.05, 4.69) is 19.2 Å². The van der Waals surface area contributed by atoms with Gasteiger partial charge in [-0.1, -0.05) is 31.9 Å². The lowest BCUT2D eigenvalue weighted by molar-refractivity contribution is -0.132. The maximum absolute atomic E-state index is 9.60. The van der Waals surface area contributed by atoms with Crippen molar-refractivity contribution in [2.75, 3.05) is 0 Å². The van der Waals surface area contributed by atoms with Gasteiger partial charge in [-0.15, -0.1) is 6.58 Å². The van der Waals surface area contributed by atoms with Gasteiger partial charge in [-0.25, -0.2) is 4.79 Å². The van der Waals surface area contributed by atoms with Crippen LogP contribution in [0, 0.1) is 5.92 Å². The fourth-order valence-corrected chi connectivity index (χ4v) is 1.37. The van der Waals surface area contributed by atoms with Gasteiger partial charge >= 0.3 is 5.97 Å². The Morgan fingerprint density at radius 1 is 1.36 bits per heavy atom. The van der Waals surface area contributed by atoms with Crippen LogP contribution in [-0.4, -0.2) is 11.1 Å². The molecule has 0 heterocycles. The molecule has 0 bridgehead atoms. The number of carbonyl (C=O) groups is 1. The fraction of sp³-hybridized carbons (Fsp3) is 0.583. The van der Waals surface area contributed by atoms with Gasteiger partial charge < -0.3 is 5.11 Å². The van der Waals surface area contributed by atoms with Crippen LogP contribution in [0.1, 0.15) is 39.0 Å². The lowest BCUT2D eigenvalue weighted by atomic mass is 9.90. The number of hydrogen-bond acceptors (Lipinski definition) is 1. The summed E-state index contributed by atoms with van der Waals surface area (Å²) in [6, 6.07) is 0. The van der Waals surface area contributed by atoms with Crippen LogP contribution in [0.5, 0.6) is 0 Å². The van der Waals surface area contributed by atoms with Gasteiger partial charge in [0.2, 0.25) is 0 Å². The highest BCUT2D eigenvalue weighted by Gasteiger charge is 2.07. The van der Waals surface area contributed by atoms with Crippen LogP contribution in [0.4, 0.5) is 0 Å². The average Bonchev–Trinajstić information content (AvgIpc) is 2.20. The summed E-state index contributed by atoms with van der Waals surface area (Å²) in [5, 5.41) is 7.89. The monoisotopic (exact) mass is 196 g/mol. The van der Waals surface area contributed by atoms with Crippen molar-refractivity contribution in [3.05, 3.63) is 24.8 Å². The molecule has 80 valence electrons. The lowest BCUT2D eigenvalue weighted by Crippen LogP contribution is -2.01. The van der Waals surface area contributed by atoms with Crippen LogP contribution >= 0.6 is 0 Å². The molecular formula is C12H20O2. The molecular weight excluding hydrogens is 176 g/mol. The van der Waals surface area contributed by atoms with Crippen molar-refractivity contribution >= 4 is 5.97 Å². The number of carboxylic acids is 1.